The van der Waals surface area contributed by atoms with E-state index >= 15 is 0 Å². The summed E-state index contributed by atoms with van der Waals surface area (Å²) in [7, 11) is 0. The smallest absolute Gasteiger partial charge is 0.220 e. The average molecular weight is 207 g/mol. The topological polar surface area (TPSA) is 29.1 Å². The molecule has 0 aliphatic carbocycles. The van der Waals surface area contributed by atoms with Gasteiger partial charge in [0, 0.05) is 12.5 Å². The van der Waals surface area contributed by atoms with Gasteiger partial charge in [-0.2, -0.15) is 0 Å². The van der Waals surface area contributed by atoms with Crippen LogP contribution in [0.2, 0.25) is 0 Å². The molecule has 0 spiro atoms. The molecule has 1 heterocycles. The average Bonchev–Trinajstić information content (AvgIpc) is 2.58. The van der Waals surface area contributed by atoms with E-state index in [1.807, 2.05) is 6.07 Å². The molecule has 1 atom stereocenters. The Bertz CT molecular complexity index is 389. The van der Waals surface area contributed by atoms with E-state index in [0.717, 1.165) is 18.4 Å². The molecule has 2 rings (SSSR count). The van der Waals surface area contributed by atoms with Gasteiger partial charge in [0.2, 0.25) is 5.91 Å². The van der Waals surface area contributed by atoms with Gasteiger partial charge in [0.05, 0.1) is 0 Å². The van der Waals surface area contributed by atoms with Gasteiger partial charge in [-0.1, -0.05) is 12.1 Å². The predicted molar refractivity (Wildman–Crippen MR) is 56.0 cm³/mol. The van der Waals surface area contributed by atoms with Crippen LogP contribution in [0.5, 0.6) is 0 Å². The molecule has 1 N–H and O–H groups in total. The normalized spacial score (nSPS) is 20.4. The first-order valence-corrected chi connectivity index (χ1v) is 5.19. The Balaban J connectivity index is 2.05. The Morgan fingerprint density at radius 3 is 2.93 bits per heavy atom. The number of halogens is 1. The summed E-state index contributed by atoms with van der Waals surface area (Å²) in [6.45, 7) is 1.75. The summed E-state index contributed by atoms with van der Waals surface area (Å²) in [5.74, 6) is -0.0654. The summed E-state index contributed by atoms with van der Waals surface area (Å²) >= 11 is 0. The fourth-order valence-corrected chi connectivity index (χ4v) is 1.88. The SMILES string of the molecule is Cc1ccc(CC2CCC(=O)N2)cc1F. The first-order valence-electron chi connectivity index (χ1n) is 5.19. The van der Waals surface area contributed by atoms with Crippen LogP contribution in [0.1, 0.15) is 24.0 Å². The van der Waals surface area contributed by atoms with Crippen molar-refractivity contribution >= 4 is 5.91 Å². The van der Waals surface area contributed by atoms with Crippen molar-refractivity contribution in [1.29, 1.82) is 0 Å². The molecular weight excluding hydrogens is 193 g/mol. The molecule has 1 amide bonds. The maximum Gasteiger partial charge on any atom is 0.220 e. The van der Waals surface area contributed by atoms with Gasteiger partial charge in [0.1, 0.15) is 5.82 Å². The van der Waals surface area contributed by atoms with Gasteiger partial charge in [-0.05, 0) is 37.0 Å². The highest BCUT2D eigenvalue weighted by molar-refractivity contribution is 5.78. The number of nitrogens with one attached hydrogen (secondary N) is 1. The van der Waals surface area contributed by atoms with Crippen LogP contribution in [0.4, 0.5) is 4.39 Å². The zero-order chi connectivity index (χ0) is 10.8. The second-order valence-electron chi connectivity index (χ2n) is 4.09. The summed E-state index contributed by atoms with van der Waals surface area (Å²) in [4.78, 5) is 11.0. The minimum absolute atomic E-state index is 0.104. The first-order chi connectivity index (χ1) is 7.15. The third-order valence-electron chi connectivity index (χ3n) is 2.80. The Morgan fingerprint density at radius 1 is 1.53 bits per heavy atom. The zero-order valence-electron chi connectivity index (χ0n) is 8.72. The molecule has 0 radical (unpaired) electrons. The Labute approximate surface area is 88.5 Å². The molecule has 0 saturated carbocycles. The number of carbonyl (C=O) groups is 1. The van der Waals surface area contributed by atoms with Crippen LogP contribution < -0.4 is 5.32 Å². The largest absolute Gasteiger partial charge is 0.353 e. The molecule has 0 bridgehead atoms. The van der Waals surface area contributed by atoms with Crippen LogP contribution in [0.25, 0.3) is 0 Å². The minimum atomic E-state index is -0.170. The third kappa shape index (κ3) is 2.35. The predicted octanol–water partition coefficient (Wildman–Crippen LogP) is 1.96. The van der Waals surface area contributed by atoms with Gasteiger partial charge in [0.25, 0.3) is 0 Å². The van der Waals surface area contributed by atoms with Gasteiger partial charge >= 0.3 is 0 Å². The van der Waals surface area contributed by atoms with Crippen molar-refractivity contribution in [2.75, 3.05) is 0 Å². The maximum atomic E-state index is 13.2. The Kier molecular flexibility index (Phi) is 2.71. The monoisotopic (exact) mass is 207 g/mol. The quantitative estimate of drug-likeness (QED) is 0.789. The molecule has 1 aliphatic rings. The minimum Gasteiger partial charge on any atom is -0.353 e. The second-order valence-corrected chi connectivity index (χ2v) is 4.09. The van der Waals surface area contributed by atoms with Crippen molar-refractivity contribution in [2.45, 2.75) is 32.2 Å². The van der Waals surface area contributed by atoms with Gasteiger partial charge in [-0.3, -0.25) is 4.79 Å². The summed E-state index contributed by atoms with van der Waals surface area (Å²) in [6, 6.07) is 5.43. The van der Waals surface area contributed by atoms with E-state index in [4.69, 9.17) is 0 Å². The van der Waals surface area contributed by atoms with E-state index in [-0.39, 0.29) is 17.8 Å². The fraction of sp³-hybridized carbons (Fsp3) is 0.417. The van der Waals surface area contributed by atoms with E-state index in [1.54, 1.807) is 19.1 Å². The van der Waals surface area contributed by atoms with E-state index in [1.165, 1.54) is 0 Å². The van der Waals surface area contributed by atoms with E-state index in [2.05, 4.69) is 5.32 Å². The highest BCUT2D eigenvalue weighted by Gasteiger charge is 2.20. The van der Waals surface area contributed by atoms with E-state index < -0.39 is 0 Å². The molecular formula is C12H14FNO. The number of aryl methyl sites for hydroxylation is 1. The number of benzene rings is 1. The summed E-state index contributed by atoms with van der Waals surface area (Å²) in [5, 5.41) is 2.88. The number of rotatable bonds is 2. The first kappa shape index (κ1) is 10.1. The van der Waals surface area contributed by atoms with E-state index in [0.29, 0.717) is 12.0 Å². The van der Waals surface area contributed by atoms with Gasteiger partial charge in [-0.15, -0.1) is 0 Å². The highest BCUT2D eigenvalue weighted by atomic mass is 19.1. The molecule has 0 aromatic heterocycles. The van der Waals surface area contributed by atoms with Crippen LogP contribution >= 0.6 is 0 Å². The molecule has 80 valence electrons. The van der Waals surface area contributed by atoms with Crippen molar-refractivity contribution < 1.29 is 9.18 Å². The lowest BCUT2D eigenvalue weighted by atomic mass is 10.0. The van der Waals surface area contributed by atoms with Crippen LogP contribution in [0.15, 0.2) is 18.2 Å². The molecule has 1 saturated heterocycles. The number of carbonyl (C=O) groups excluding carboxylic acids is 1. The summed E-state index contributed by atoms with van der Waals surface area (Å²) in [5.41, 5.74) is 1.61. The lowest BCUT2D eigenvalue weighted by Gasteiger charge is -2.10. The van der Waals surface area contributed by atoms with Gasteiger partial charge in [-0.25, -0.2) is 4.39 Å². The van der Waals surface area contributed by atoms with Crippen molar-refractivity contribution in [3.05, 3.63) is 35.1 Å². The lowest BCUT2D eigenvalue weighted by molar-refractivity contribution is -0.119. The highest BCUT2D eigenvalue weighted by Crippen LogP contribution is 2.15. The standard InChI is InChI=1S/C12H14FNO/c1-8-2-3-9(7-11(8)13)6-10-4-5-12(15)14-10/h2-3,7,10H,4-6H2,1H3,(H,14,15). The fourth-order valence-electron chi connectivity index (χ4n) is 1.88. The van der Waals surface area contributed by atoms with Crippen LogP contribution in [0.3, 0.4) is 0 Å². The molecule has 1 aromatic carbocycles. The maximum absolute atomic E-state index is 13.2. The lowest BCUT2D eigenvalue weighted by Crippen LogP contribution is -2.27. The number of amides is 1. The molecule has 1 fully saturated rings. The molecule has 15 heavy (non-hydrogen) atoms. The molecule has 1 unspecified atom stereocenters. The number of hydrogen-bond acceptors (Lipinski definition) is 1. The molecule has 2 nitrogen and oxygen atoms in total. The van der Waals surface area contributed by atoms with Crippen LogP contribution in [0, 0.1) is 12.7 Å². The van der Waals surface area contributed by atoms with Crippen LogP contribution in [-0.2, 0) is 11.2 Å². The second kappa shape index (κ2) is 4.01. The van der Waals surface area contributed by atoms with Crippen molar-refractivity contribution in [3.63, 3.8) is 0 Å². The molecule has 1 aromatic rings. The Hall–Kier alpha value is -1.38. The van der Waals surface area contributed by atoms with Gasteiger partial charge < -0.3 is 5.32 Å². The summed E-state index contributed by atoms with van der Waals surface area (Å²) < 4.78 is 13.2. The van der Waals surface area contributed by atoms with Crippen molar-refractivity contribution in [3.8, 4) is 0 Å². The van der Waals surface area contributed by atoms with E-state index in [9.17, 15) is 9.18 Å². The Morgan fingerprint density at radius 2 is 2.33 bits per heavy atom. The molecule has 3 heteroatoms. The zero-order valence-corrected chi connectivity index (χ0v) is 8.72. The van der Waals surface area contributed by atoms with Gasteiger partial charge in [0.15, 0.2) is 0 Å². The third-order valence-corrected chi connectivity index (χ3v) is 2.80. The van der Waals surface area contributed by atoms with Crippen molar-refractivity contribution in [2.24, 2.45) is 0 Å². The number of hydrogen-bond donors (Lipinski definition) is 1. The van der Waals surface area contributed by atoms with Crippen LogP contribution in [-0.4, -0.2) is 11.9 Å². The summed E-state index contributed by atoms with van der Waals surface area (Å²) in [6.07, 6.45) is 2.18. The van der Waals surface area contributed by atoms with Crippen molar-refractivity contribution in [1.82, 2.24) is 5.32 Å². The molecule has 1 aliphatic heterocycles.